The first kappa shape index (κ1) is 15.2. The number of nitrogens with one attached hydrogen (secondary N) is 1. The third-order valence-corrected chi connectivity index (χ3v) is 4.92. The van der Waals surface area contributed by atoms with Crippen LogP contribution in [0.1, 0.15) is 25.9 Å². The fourth-order valence-electron chi connectivity index (χ4n) is 2.50. The van der Waals surface area contributed by atoms with Gasteiger partial charge in [0.25, 0.3) is 0 Å². The lowest BCUT2D eigenvalue weighted by molar-refractivity contribution is 0.0697. The second-order valence-electron chi connectivity index (χ2n) is 5.28. The number of hydrogen-bond acceptors (Lipinski definition) is 4. The molecule has 23 heavy (non-hydrogen) atoms. The molecule has 0 saturated carbocycles. The minimum atomic E-state index is -0.950. The molecule has 7 heteroatoms. The molecule has 4 N–H and O–H groups in total. The third-order valence-electron chi connectivity index (χ3n) is 3.74. The molecular weight excluding hydrogens is 312 g/mol. The lowest BCUT2D eigenvalue weighted by Crippen LogP contribution is -2.08. The van der Waals surface area contributed by atoms with Gasteiger partial charge < -0.3 is 15.4 Å². The number of aromatic nitrogens is 2. The van der Waals surface area contributed by atoms with E-state index in [9.17, 15) is 4.79 Å². The molecule has 6 nitrogen and oxygen atoms in total. The smallest absolute Gasteiger partial charge is 0.335 e. The average molecular weight is 328 g/mol. The van der Waals surface area contributed by atoms with Gasteiger partial charge in [-0.15, -0.1) is 11.3 Å². The van der Waals surface area contributed by atoms with Crippen LogP contribution in [0, 0.1) is 5.41 Å². The van der Waals surface area contributed by atoms with Gasteiger partial charge in [0.05, 0.1) is 21.5 Å². The summed E-state index contributed by atoms with van der Waals surface area (Å²) in [6.45, 7) is 0. The highest BCUT2D eigenvalue weighted by Crippen LogP contribution is 2.21. The lowest BCUT2D eigenvalue weighted by atomic mass is 10.2. The Morgan fingerprint density at radius 2 is 2.13 bits per heavy atom. The van der Waals surface area contributed by atoms with E-state index in [4.69, 9.17) is 16.2 Å². The number of fused-ring (bicyclic) bond motifs is 1. The van der Waals surface area contributed by atoms with E-state index in [1.165, 1.54) is 11.3 Å². The zero-order valence-electron chi connectivity index (χ0n) is 12.5. The molecule has 0 aliphatic carbocycles. The highest BCUT2D eigenvalue weighted by atomic mass is 32.1. The monoisotopic (exact) mass is 328 g/mol. The zero-order chi connectivity index (χ0) is 16.6. The van der Waals surface area contributed by atoms with Crippen molar-refractivity contribution in [1.82, 2.24) is 9.55 Å². The molecule has 3 aromatic rings. The maximum absolute atomic E-state index is 11.0. The third kappa shape index (κ3) is 2.95. The van der Waals surface area contributed by atoms with Crippen molar-refractivity contribution in [3.8, 4) is 0 Å². The first-order chi connectivity index (χ1) is 11.0. The van der Waals surface area contributed by atoms with E-state index < -0.39 is 5.97 Å². The number of amidine groups is 1. The van der Waals surface area contributed by atoms with E-state index in [1.807, 2.05) is 23.7 Å². The summed E-state index contributed by atoms with van der Waals surface area (Å²) in [5.74, 6) is 0.0416. The predicted octanol–water partition coefficient (Wildman–Crippen LogP) is 2.40. The number of nitrogen functional groups attached to an aromatic ring is 1. The number of aromatic carboxylic acids is 1. The second-order valence-corrected chi connectivity index (χ2v) is 6.44. The van der Waals surface area contributed by atoms with Crippen LogP contribution in [0.15, 0.2) is 30.3 Å². The highest BCUT2D eigenvalue weighted by molar-refractivity contribution is 7.14. The van der Waals surface area contributed by atoms with Crippen LogP contribution in [0.25, 0.3) is 11.0 Å². The van der Waals surface area contributed by atoms with Crippen LogP contribution >= 0.6 is 11.3 Å². The minimum absolute atomic E-state index is 0.0881. The Labute approximate surface area is 136 Å². The normalized spacial score (nSPS) is 11.0. The van der Waals surface area contributed by atoms with Gasteiger partial charge in [-0.2, -0.15) is 0 Å². The van der Waals surface area contributed by atoms with Gasteiger partial charge in [-0.05, 0) is 36.8 Å². The van der Waals surface area contributed by atoms with Crippen molar-refractivity contribution in [2.45, 2.75) is 12.8 Å². The van der Waals surface area contributed by atoms with Gasteiger partial charge in [0.1, 0.15) is 11.7 Å². The molecule has 0 unspecified atom stereocenters. The fourth-order valence-corrected chi connectivity index (χ4v) is 3.37. The summed E-state index contributed by atoms with van der Waals surface area (Å²) in [6.07, 6.45) is 1.55. The minimum Gasteiger partial charge on any atom is -0.478 e. The highest BCUT2D eigenvalue weighted by Gasteiger charge is 2.11. The zero-order valence-corrected chi connectivity index (χ0v) is 13.4. The van der Waals surface area contributed by atoms with E-state index in [1.54, 1.807) is 18.2 Å². The summed E-state index contributed by atoms with van der Waals surface area (Å²) in [6, 6.07) is 8.81. The molecule has 0 radical (unpaired) electrons. The summed E-state index contributed by atoms with van der Waals surface area (Å²) < 4.78 is 1.99. The molecule has 0 amide bonds. The Morgan fingerprint density at radius 3 is 2.78 bits per heavy atom. The number of carboxylic acid groups (broad SMARTS) is 1. The molecule has 0 atom stereocenters. The Hall–Kier alpha value is -2.67. The molecule has 0 aliphatic heterocycles. The molecule has 3 rings (SSSR count). The van der Waals surface area contributed by atoms with Crippen molar-refractivity contribution >= 4 is 34.2 Å². The number of imidazole rings is 1. The first-order valence-electron chi connectivity index (χ1n) is 7.07. The van der Waals surface area contributed by atoms with Crippen LogP contribution in [-0.4, -0.2) is 26.5 Å². The number of hydrogen-bond donors (Lipinski definition) is 3. The maximum atomic E-state index is 11.0. The SMILES string of the molecule is Cn1c(CCc2ccc(C(=N)N)s2)nc2cc(C(=O)O)ccc21. The molecule has 2 heterocycles. The molecular formula is C16H16N4O2S. The Bertz CT molecular complexity index is 910. The Balaban J connectivity index is 1.83. The van der Waals surface area contributed by atoms with Gasteiger partial charge in [0.2, 0.25) is 0 Å². The Morgan fingerprint density at radius 1 is 1.35 bits per heavy atom. The standard InChI is InChI=1S/C16H16N4O2S/c1-20-12-5-2-9(16(21)22)8-11(12)19-14(20)7-4-10-3-6-13(23-10)15(17)18/h2-3,5-6,8H,4,7H2,1H3,(H3,17,18)(H,21,22). The van der Waals surface area contributed by atoms with Gasteiger partial charge >= 0.3 is 5.97 Å². The van der Waals surface area contributed by atoms with E-state index >= 15 is 0 Å². The fraction of sp³-hybridized carbons (Fsp3) is 0.188. The molecule has 1 aromatic carbocycles. The Kier molecular flexibility index (Phi) is 3.87. The van der Waals surface area contributed by atoms with Gasteiger partial charge in [-0.25, -0.2) is 9.78 Å². The van der Waals surface area contributed by atoms with Crippen LogP contribution in [0.4, 0.5) is 0 Å². The number of carboxylic acids is 1. The van der Waals surface area contributed by atoms with Crippen LogP contribution < -0.4 is 5.73 Å². The molecule has 0 fully saturated rings. The summed E-state index contributed by atoms with van der Waals surface area (Å²) >= 11 is 1.52. The summed E-state index contributed by atoms with van der Waals surface area (Å²) in [5.41, 5.74) is 7.33. The number of aryl methyl sites for hydroxylation is 3. The van der Waals surface area contributed by atoms with Crippen molar-refractivity contribution in [1.29, 1.82) is 5.41 Å². The van der Waals surface area contributed by atoms with Crippen molar-refractivity contribution in [2.24, 2.45) is 12.8 Å². The van der Waals surface area contributed by atoms with Gasteiger partial charge in [-0.3, -0.25) is 5.41 Å². The summed E-state index contributed by atoms with van der Waals surface area (Å²) in [7, 11) is 1.93. The van der Waals surface area contributed by atoms with Crippen LogP contribution in [-0.2, 0) is 19.9 Å². The first-order valence-corrected chi connectivity index (χ1v) is 7.89. The van der Waals surface area contributed by atoms with Crippen molar-refractivity contribution < 1.29 is 9.90 Å². The lowest BCUT2D eigenvalue weighted by Gasteiger charge is -2.01. The topological polar surface area (TPSA) is 105 Å². The van der Waals surface area contributed by atoms with E-state index in [0.29, 0.717) is 5.52 Å². The van der Waals surface area contributed by atoms with Crippen LogP contribution in [0.3, 0.4) is 0 Å². The predicted molar refractivity (Wildman–Crippen MR) is 90.4 cm³/mol. The number of thiophene rings is 1. The van der Waals surface area contributed by atoms with Crippen LogP contribution in [0.5, 0.6) is 0 Å². The number of benzene rings is 1. The van der Waals surface area contributed by atoms with E-state index in [2.05, 4.69) is 4.98 Å². The van der Waals surface area contributed by atoms with Crippen LogP contribution in [0.2, 0.25) is 0 Å². The van der Waals surface area contributed by atoms with Gasteiger partial charge in [-0.1, -0.05) is 0 Å². The van der Waals surface area contributed by atoms with Crippen molar-refractivity contribution in [3.05, 3.63) is 51.5 Å². The number of rotatable bonds is 5. The van der Waals surface area contributed by atoms with Crippen molar-refractivity contribution in [2.75, 3.05) is 0 Å². The molecule has 118 valence electrons. The quantitative estimate of drug-likeness (QED) is 0.494. The average Bonchev–Trinajstić information content (AvgIpc) is 3.10. The maximum Gasteiger partial charge on any atom is 0.335 e. The second kappa shape index (κ2) is 5.85. The molecule has 0 saturated heterocycles. The number of nitrogens with two attached hydrogens (primary N) is 1. The summed E-state index contributed by atoms with van der Waals surface area (Å²) in [5, 5.41) is 16.5. The van der Waals surface area contributed by atoms with Gasteiger partial charge in [0, 0.05) is 18.3 Å². The van der Waals surface area contributed by atoms with Gasteiger partial charge in [0.15, 0.2) is 0 Å². The van der Waals surface area contributed by atoms with E-state index in [0.717, 1.165) is 33.9 Å². The molecule has 0 spiro atoms. The van der Waals surface area contributed by atoms with E-state index in [-0.39, 0.29) is 11.4 Å². The molecule has 2 aromatic heterocycles. The number of carbonyl (C=O) groups is 1. The largest absolute Gasteiger partial charge is 0.478 e. The molecule has 0 bridgehead atoms. The summed E-state index contributed by atoms with van der Waals surface area (Å²) in [4.78, 5) is 17.5. The number of nitrogens with zero attached hydrogens (tertiary/aromatic N) is 2. The van der Waals surface area contributed by atoms with Crippen molar-refractivity contribution in [3.63, 3.8) is 0 Å². The molecule has 0 aliphatic rings.